The highest BCUT2D eigenvalue weighted by Crippen LogP contribution is 2.40. The molecule has 1 aliphatic heterocycles. The molecule has 0 saturated carbocycles. The Morgan fingerprint density at radius 3 is 2.46 bits per heavy atom. The van der Waals surface area contributed by atoms with Gasteiger partial charge in [0.25, 0.3) is 0 Å². The summed E-state index contributed by atoms with van der Waals surface area (Å²) in [6, 6.07) is 18.3. The summed E-state index contributed by atoms with van der Waals surface area (Å²) >= 11 is 0. The van der Waals surface area contributed by atoms with Gasteiger partial charge >= 0.3 is 6.03 Å². The second kappa shape index (κ2) is 10.1. The average molecular weight is 501 g/mol. The maximum Gasteiger partial charge on any atom is 0.326 e. The summed E-state index contributed by atoms with van der Waals surface area (Å²) in [6.07, 6.45) is 1.68. The molecule has 4 aromatic rings. The van der Waals surface area contributed by atoms with Crippen LogP contribution in [0, 0.1) is 0 Å². The fraction of sp³-hybridized carbons (Fsp3) is 0.214. The Hall–Kier alpha value is -4.66. The van der Waals surface area contributed by atoms with E-state index in [2.05, 4.69) is 10.3 Å². The number of hydrogen-bond donors (Lipinski definition) is 1. The molecule has 0 radical (unpaired) electrons. The van der Waals surface area contributed by atoms with Gasteiger partial charge in [0.05, 0.1) is 32.0 Å². The van der Waals surface area contributed by atoms with E-state index in [0.29, 0.717) is 53.1 Å². The highest BCUT2D eigenvalue weighted by Gasteiger charge is 2.25. The van der Waals surface area contributed by atoms with Crippen molar-refractivity contribution < 1.29 is 23.7 Å². The molecule has 37 heavy (non-hydrogen) atoms. The Morgan fingerprint density at radius 2 is 1.73 bits per heavy atom. The number of ether oxygens (including phenoxy) is 4. The topological polar surface area (TPSA) is 85.4 Å². The first kappa shape index (κ1) is 24.1. The first-order valence-electron chi connectivity index (χ1n) is 11.8. The molecule has 0 aliphatic carbocycles. The minimum absolute atomic E-state index is 0.225. The number of nitrogens with one attached hydrogen (secondary N) is 1. The summed E-state index contributed by atoms with van der Waals surface area (Å²) in [5, 5.41) is 3.74. The number of carbonyl (C=O) groups is 1. The lowest BCUT2D eigenvalue weighted by atomic mass is 10.1. The molecule has 5 rings (SSSR count). The van der Waals surface area contributed by atoms with Gasteiger partial charge < -0.3 is 29.2 Å². The SMILES string of the molecule is COc1cc2nccc(Oc3ccc4c(c3)OCCN4C(=O)Nc3ccc(N(C)C)cc3)c2cc1OC. The fourth-order valence-electron chi connectivity index (χ4n) is 4.17. The van der Waals surface area contributed by atoms with Crippen LogP contribution in [0.2, 0.25) is 0 Å². The first-order chi connectivity index (χ1) is 18.0. The number of aromatic nitrogens is 1. The third kappa shape index (κ3) is 4.88. The molecule has 2 amide bonds. The van der Waals surface area contributed by atoms with Crippen molar-refractivity contribution in [2.24, 2.45) is 0 Å². The van der Waals surface area contributed by atoms with Gasteiger partial charge in [-0.15, -0.1) is 0 Å². The van der Waals surface area contributed by atoms with Crippen molar-refractivity contribution in [2.45, 2.75) is 0 Å². The minimum atomic E-state index is -0.225. The van der Waals surface area contributed by atoms with Crippen LogP contribution in [0.1, 0.15) is 0 Å². The lowest BCUT2D eigenvalue weighted by Crippen LogP contribution is -2.40. The van der Waals surface area contributed by atoms with Crippen molar-refractivity contribution >= 4 is 34.0 Å². The van der Waals surface area contributed by atoms with E-state index in [4.69, 9.17) is 18.9 Å². The maximum atomic E-state index is 13.1. The van der Waals surface area contributed by atoms with Crippen LogP contribution in [-0.2, 0) is 0 Å². The van der Waals surface area contributed by atoms with Crippen molar-refractivity contribution in [1.82, 2.24) is 4.98 Å². The fourth-order valence-corrected chi connectivity index (χ4v) is 4.17. The zero-order chi connectivity index (χ0) is 25.9. The van der Waals surface area contributed by atoms with Crippen LogP contribution < -0.4 is 34.1 Å². The molecule has 3 aromatic carbocycles. The molecule has 2 heterocycles. The smallest absolute Gasteiger partial charge is 0.326 e. The van der Waals surface area contributed by atoms with Crippen molar-refractivity contribution in [1.29, 1.82) is 0 Å². The van der Waals surface area contributed by atoms with Crippen LogP contribution in [-0.4, -0.2) is 52.5 Å². The monoisotopic (exact) mass is 500 g/mol. The lowest BCUT2D eigenvalue weighted by Gasteiger charge is -2.30. The van der Waals surface area contributed by atoms with E-state index in [1.807, 2.05) is 67.5 Å². The molecule has 0 saturated heterocycles. The van der Waals surface area contributed by atoms with Crippen LogP contribution in [0.5, 0.6) is 28.7 Å². The second-order valence-corrected chi connectivity index (χ2v) is 8.64. The van der Waals surface area contributed by atoms with Gasteiger partial charge in [-0.3, -0.25) is 9.88 Å². The van der Waals surface area contributed by atoms with E-state index in [-0.39, 0.29) is 6.03 Å². The molecule has 0 spiro atoms. The van der Waals surface area contributed by atoms with Gasteiger partial charge in [0.15, 0.2) is 11.5 Å². The highest BCUT2D eigenvalue weighted by atomic mass is 16.5. The summed E-state index contributed by atoms with van der Waals surface area (Å²) < 4.78 is 22.9. The molecule has 9 heteroatoms. The molecule has 9 nitrogen and oxygen atoms in total. The third-order valence-corrected chi connectivity index (χ3v) is 6.11. The van der Waals surface area contributed by atoms with Gasteiger partial charge in [0.2, 0.25) is 0 Å². The standard InChI is InChI=1S/C28H28N4O5/c1-31(2)19-7-5-18(6-8-19)30-28(33)32-13-14-36-25-15-20(9-10-23(25)32)37-24-11-12-29-22-17-27(35-4)26(34-3)16-21(22)24/h5-12,15-17H,13-14H2,1-4H3,(H,30,33). The summed E-state index contributed by atoms with van der Waals surface area (Å²) in [5.41, 5.74) is 3.17. The molecule has 0 bridgehead atoms. The predicted molar refractivity (Wildman–Crippen MR) is 144 cm³/mol. The zero-order valence-electron chi connectivity index (χ0n) is 21.1. The number of methoxy groups -OCH3 is 2. The summed E-state index contributed by atoms with van der Waals surface area (Å²) in [4.78, 5) is 21.2. The Kier molecular flexibility index (Phi) is 6.59. The van der Waals surface area contributed by atoms with Crippen LogP contribution >= 0.6 is 0 Å². The van der Waals surface area contributed by atoms with Crippen LogP contribution in [0.25, 0.3) is 10.9 Å². The number of amides is 2. The molecule has 0 unspecified atom stereocenters. The van der Waals surface area contributed by atoms with Crippen LogP contribution in [0.4, 0.5) is 21.9 Å². The number of pyridine rings is 1. The largest absolute Gasteiger partial charge is 0.493 e. The Bertz CT molecular complexity index is 1440. The van der Waals surface area contributed by atoms with Crippen LogP contribution in [0.3, 0.4) is 0 Å². The molecule has 190 valence electrons. The highest BCUT2D eigenvalue weighted by molar-refractivity contribution is 6.03. The number of fused-ring (bicyclic) bond motifs is 2. The van der Waals surface area contributed by atoms with E-state index in [0.717, 1.165) is 16.8 Å². The summed E-state index contributed by atoms with van der Waals surface area (Å²) in [7, 11) is 7.12. The predicted octanol–water partition coefficient (Wildman–Crippen LogP) is 5.54. The lowest BCUT2D eigenvalue weighted by molar-refractivity contribution is 0.250. The molecule has 1 N–H and O–H groups in total. The molecule has 0 atom stereocenters. The Balaban J connectivity index is 1.37. The summed E-state index contributed by atoms with van der Waals surface area (Å²) in [6.45, 7) is 0.810. The van der Waals surface area contributed by atoms with E-state index in [1.54, 1.807) is 37.4 Å². The molecule has 0 fully saturated rings. The third-order valence-electron chi connectivity index (χ3n) is 6.11. The normalized spacial score (nSPS) is 12.4. The number of anilines is 3. The number of urea groups is 1. The van der Waals surface area contributed by atoms with E-state index >= 15 is 0 Å². The quantitative estimate of drug-likeness (QED) is 0.372. The van der Waals surface area contributed by atoms with Gasteiger partial charge in [-0.1, -0.05) is 0 Å². The van der Waals surface area contributed by atoms with Gasteiger partial charge in [-0.05, 0) is 48.5 Å². The van der Waals surface area contributed by atoms with Crippen molar-refractivity contribution in [3.63, 3.8) is 0 Å². The number of carbonyl (C=O) groups excluding carboxylic acids is 1. The zero-order valence-corrected chi connectivity index (χ0v) is 21.1. The van der Waals surface area contributed by atoms with Gasteiger partial charge in [-0.2, -0.15) is 0 Å². The molecule has 1 aliphatic rings. The number of hydrogen-bond acceptors (Lipinski definition) is 7. The Labute approximate surface area is 215 Å². The van der Waals surface area contributed by atoms with Crippen LogP contribution in [0.15, 0.2) is 66.9 Å². The Morgan fingerprint density at radius 1 is 0.973 bits per heavy atom. The number of rotatable bonds is 6. The molecular formula is C28H28N4O5. The van der Waals surface area contributed by atoms with Crippen molar-refractivity contribution in [2.75, 3.05) is 56.6 Å². The number of nitrogens with zero attached hydrogens (tertiary/aromatic N) is 3. The summed E-state index contributed by atoms with van der Waals surface area (Å²) in [5.74, 6) is 2.92. The minimum Gasteiger partial charge on any atom is -0.493 e. The molecule has 1 aromatic heterocycles. The van der Waals surface area contributed by atoms with Gasteiger partial charge in [0.1, 0.15) is 23.9 Å². The van der Waals surface area contributed by atoms with E-state index in [9.17, 15) is 4.79 Å². The molecular weight excluding hydrogens is 472 g/mol. The average Bonchev–Trinajstić information content (AvgIpc) is 2.92. The van der Waals surface area contributed by atoms with Gasteiger partial charge in [-0.25, -0.2) is 4.79 Å². The van der Waals surface area contributed by atoms with E-state index < -0.39 is 0 Å². The number of benzene rings is 3. The van der Waals surface area contributed by atoms with Crippen molar-refractivity contribution in [3.8, 4) is 28.7 Å². The van der Waals surface area contributed by atoms with E-state index in [1.165, 1.54) is 0 Å². The maximum absolute atomic E-state index is 13.1. The first-order valence-corrected chi connectivity index (χ1v) is 11.8. The van der Waals surface area contributed by atoms with Gasteiger partial charge in [0, 0.05) is 49.2 Å². The second-order valence-electron chi connectivity index (χ2n) is 8.64. The van der Waals surface area contributed by atoms with Crippen molar-refractivity contribution in [3.05, 3.63) is 66.9 Å².